The molecule has 0 aliphatic heterocycles. The average molecular weight is 251 g/mol. The van der Waals surface area contributed by atoms with Crippen molar-refractivity contribution in [1.29, 1.82) is 0 Å². The first-order valence-corrected chi connectivity index (χ1v) is 8.47. The van der Waals surface area contributed by atoms with Crippen LogP contribution in [0.1, 0.15) is 78.1 Å². The van der Waals surface area contributed by atoms with E-state index in [4.69, 9.17) is 0 Å². The Labute approximate surface area is 114 Å². The van der Waals surface area contributed by atoms with Gasteiger partial charge in [-0.3, -0.25) is 0 Å². The van der Waals surface area contributed by atoms with Gasteiger partial charge in [-0.1, -0.05) is 52.4 Å². The lowest BCUT2D eigenvalue weighted by molar-refractivity contribution is 0.250. The highest BCUT2D eigenvalue weighted by Gasteiger charge is 2.22. The van der Waals surface area contributed by atoms with E-state index in [0.29, 0.717) is 0 Å². The maximum Gasteiger partial charge on any atom is 0.00697 e. The van der Waals surface area contributed by atoms with Crippen LogP contribution in [-0.2, 0) is 0 Å². The van der Waals surface area contributed by atoms with Gasteiger partial charge in [-0.2, -0.15) is 0 Å². The Morgan fingerprint density at radius 1 is 0.944 bits per heavy atom. The zero-order chi connectivity index (χ0) is 12.8. The lowest BCUT2D eigenvalue weighted by atomic mass is 9.81. The average Bonchev–Trinajstić information content (AvgIpc) is 2.82. The zero-order valence-electron chi connectivity index (χ0n) is 12.6. The van der Waals surface area contributed by atoms with Crippen LogP contribution in [0, 0.1) is 17.8 Å². The van der Waals surface area contributed by atoms with Crippen molar-refractivity contribution < 1.29 is 0 Å². The second kappa shape index (κ2) is 7.53. The molecule has 18 heavy (non-hydrogen) atoms. The molecule has 0 aromatic carbocycles. The summed E-state index contributed by atoms with van der Waals surface area (Å²) in [7, 11) is 0. The standard InChI is InChI=1S/C17H33N/c1-14(2)12-16-8-5-9-17(13-16)18-11-10-15-6-3-4-7-15/h14-18H,3-13H2,1-2H3. The molecule has 2 unspecified atom stereocenters. The Kier molecular flexibility index (Phi) is 6.01. The van der Waals surface area contributed by atoms with E-state index < -0.39 is 0 Å². The molecule has 2 aliphatic carbocycles. The van der Waals surface area contributed by atoms with E-state index in [1.54, 1.807) is 0 Å². The quantitative estimate of drug-likeness (QED) is 0.717. The molecule has 1 heteroatoms. The topological polar surface area (TPSA) is 12.0 Å². The summed E-state index contributed by atoms with van der Waals surface area (Å²) in [6, 6.07) is 0.837. The lowest BCUT2D eigenvalue weighted by Crippen LogP contribution is -2.35. The van der Waals surface area contributed by atoms with Crippen molar-refractivity contribution in [2.45, 2.75) is 84.1 Å². The van der Waals surface area contributed by atoms with E-state index in [1.165, 1.54) is 70.8 Å². The minimum atomic E-state index is 0.837. The maximum absolute atomic E-state index is 3.85. The van der Waals surface area contributed by atoms with Crippen molar-refractivity contribution in [3.63, 3.8) is 0 Å². The Bertz CT molecular complexity index is 218. The molecule has 2 aliphatic rings. The Balaban J connectivity index is 1.59. The molecule has 0 spiro atoms. The van der Waals surface area contributed by atoms with E-state index in [1.807, 2.05) is 0 Å². The van der Waals surface area contributed by atoms with Gasteiger partial charge in [-0.25, -0.2) is 0 Å². The second-order valence-corrected chi connectivity index (χ2v) is 7.25. The van der Waals surface area contributed by atoms with E-state index in [2.05, 4.69) is 19.2 Å². The zero-order valence-corrected chi connectivity index (χ0v) is 12.6. The number of nitrogens with one attached hydrogen (secondary N) is 1. The van der Waals surface area contributed by atoms with Crippen LogP contribution in [0.2, 0.25) is 0 Å². The third kappa shape index (κ3) is 4.91. The van der Waals surface area contributed by atoms with Gasteiger partial charge in [0.15, 0.2) is 0 Å². The molecule has 2 fully saturated rings. The van der Waals surface area contributed by atoms with Gasteiger partial charge in [0.2, 0.25) is 0 Å². The van der Waals surface area contributed by atoms with E-state index in [0.717, 1.165) is 23.8 Å². The summed E-state index contributed by atoms with van der Waals surface area (Å²) >= 11 is 0. The minimum absolute atomic E-state index is 0.837. The second-order valence-electron chi connectivity index (χ2n) is 7.25. The van der Waals surface area contributed by atoms with Crippen LogP contribution in [0.15, 0.2) is 0 Å². The first-order chi connectivity index (χ1) is 8.74. The first kappa shape index (κ1) is 14.4. The fourth-order valence-corrected chi connectivity index (χ4v) is 4.15. The van der Waals surface area contributed by atoms with Crippen molar-refractivity contribution in [3.05, 3.63) is 0 Å². The number of hydrogen-bond donors (Lipinski definition) is 1. The van der Waals surface area contributed by atoms with Gasteiger partial charge in [-0.05, 0) is 50.0 Å². The van der Waals surface area contributed by atoms with Crippen molar-refractivity contribution >= 4 is 0 Å². The highest BCUT2D eigenvalue weighted by atomic mass is 14.9. The predicted molar refractivity (Wildman–Crippen MR) is 79.8 cm³/mol. The molecule has 2 atom stereocenters. The summed E-state index contributed by atoms with van der Waals surface area (Å²) in [5.74, 6) is 2.93. The Morgan fingerprint density at radius 2 is 1.67 bits per heavy atom. The van der Waals surface area contributed by atoms with Gasteiger partial charge in [-0.15, -0.1) is 0 Å². The number of rotatable bonds is 6. The van der Waals surface area contributed by atoms with Gasteiger partial charge in [0, 0.05) is 6.04 Å². The molecule has 0 radical (unpaired) electrons. The van der Waals surface area contributed by atoms with E-state index in [9.17, 15) is 0 Å². The molecule has 1 nitrogen and oxygen atoms in total. The molecular weight excluding hydrogens is 218 g/mol. The third-order valence-electron chi connectivity index (χ3n) is 5.05. The predicted octanol–water partition coefficient (Wildman–Crippen LogP) is 4.76. The van der Waals surface area contributed by atoms with Crippen molar-refractivity contribution in [3.8, 4) is 0 Å². The van der Waals surface area contributed by atoms with Crippen LogP contribution in [0.5, 0.6) is 0 Å². The van der Waals surface area contributed by atoms with Gasteiger partial charge >= 0.3 is 0 Å². The van der Waals surface area contributed by atoms with Crippen molar-refractivity contribution in [2.75, 3.05) is 6.54 Å². The van der Waals surface area contributed by atoms with E-state index in [-0.39, 0.29) is 0 Å². The molecule has 0 aromatic rings. The van der Waals surface area contributed by atoms with Gasteiger partial charge in [0.05, 0.1) is 0 Å². The molecule has 0 saturated heterocycles. The summed E-state index contributed by atoms with van der Waals surface area (Å²) in [6.45, 7) is 6.03. The van der Waals surface area contributed by atoms with Crippen molar-refractivity contribution in [1.82, 2.24) is 5.32 Å². The molecule has 2 saturated carbocycles. The Hall–Kier alpha value is -0.0400. The van der Waals surface area contributed by atoms with Crippen LogP contribution >= 0.6 is 0 Å². The minimum Gasteiger partial charge on any atom is -0.314 e. The summed E-state index contributed by atoms with van der Waals surface area (Å²) in [5, 5.41) is 3.85. The molecular formula is C17H33N. The monoisotopic (exact) mass is 251 g/mol. The van der Waals surface area contributed by atoms with Crippen LogP contribution < -0.4 is 5.32 Å². The van der Waals surface area contributed by atoms with Crippen LogP contribution in [-0.4, -0.2) is 12.6 Å². The summed E-state index contributed by atoms with van der Waals surface area (Å²) < 4.78 is 0. The smallest absolute Gasteiger partial charge is 0.00697 e. The summed E-state index contributed by atoms with van der Waals surface area (Å²) in [4.78, 5) is 0. The van der Waals surface area contributed by atoms with Crippen LogP contribution in [0.25, 0.3) is 0 Å². The number of hydrogen-bond acceptors (Lipinski definition) is 1. The normalized spacial score (nSPS) is 30.2. The highest BCUT2D eigenvalue weighted by Crippen LogP contribution is 2.30. The molecule has 2 rings (SSSR count). The van der Waals surface area contributed by atoms with E-state index >= 15 is 0 Å². The molecule has 106 valence electrons. The summed E-state index contributed by atoms with van der Waals surface area (Å²) in [6.07, 6.45) is 14.7. The third-order valence-corrected chi connectivity index (χ3v) is 5.05. The highest BCUT2D eigenvalue weighted by molar-refractivity contribution is 4.79. The Morgan fingerprint density at radius 3 is 2.39 bits per heavy atom. The lowest BCUT2D eigenvalue weighted by Gasteiger charge is -2.31. The van der Waals surface area contributed by atoms with Crippen LogP contribution in [0.4, 0.5) is 0 Å². The molecule has 0 amide bonds. The SMILES string of the molecule is CC(C)CC1CCCC(NCCC2CCCC2)C1. The fraction of sp³-hybridized carbons (Fsp3) is 1.00. The molecule has 0 aromatic heterocycles. The summed E-state index contributed by atoms with van der Waals surface area (Å²) in [5.41, 5.74) is 0. The first-order valence-electron chi connectivity index (χ1n) is 8.47. The van der Waals surface area contributed by atoms with Gasteiger partial charge < -0.3 is 5.32 Å². The van der Waals surface area contributed by atoms with Gasteiger partial charge in [0.25, 0.3) is 0 Å². The largest absolute Gasteiger partial charge is 0.314 e. The molecule has 0 heterocycles. The maximum atomic E-state index is 3.85. The molecule has 1 N–H and O–H groups in total. The van der Waals surface area contributed by atoms with Crippen molar-refractivity contribution in [2.24, 2.45) is 17.8 Å². The van der Waals surface area contributed by atoms with Crippen LogP contribution in [0.3, 0.4) is 0 Å². The van der Waals surface area contributed by atoms with Gasteiger partial charge in [0.1, 0.15) is 0 Å². The fourth-order valence-electron chi connectivity index (χ4n) is 4.15. The molecule has 0 bridgehead atoms.